The molecule has 1 saturated heterocycles. The Morgan fingerprint density at radius 3 is 2.69 bits per heavy atom. The number of benzene rings is 2. The van der Waals surface area contributed by atoms with Crippen molar-refractivity contribution in [1.82, 2.24) is 4.98 Å². The van der Waals surface area contributed by atoms with Gasteiger partial charge < -0.3 is 0 Å². The number of carbonyl (C=O) groups is 1. The fourth-order valence-electron chi connectivity index (χ4n) is 2.66. The summed E-state index contributed by atoms with van der Waals surface area (Å²) in [6.07, 6.45) is 1.54. The van der Waals surface area contributed by atoms with E-state index in [0.29, 0.717) is 26.3 Å². The van der Waals surface area contributed by atoms with Gasteiger partial charge in [-0.25, -0.2) is 9.88 Å². The van der Waals surface area contributed by atoms with Gasteiger partial charge in [0.15, 0.2) is 10.3 Å². The molecule has 3 aromatic rings. The number of amidine groups is 1. The van der Waals surface area contributed by atoms with Crippen molar-refractivity contribution >= 4 is 62.7 Å². The van der Waals surface area contributed by atoms with Crippen molar-refractivity contribution in [2.75, 3.05) is 4.90 Å². The maximum atomic E-state index is 12.8. The highest BCUT2D eigenvalue weighted by Crippen LogP contribution is 2.38. The molecule has 29 heavy (non-hydrogen) atoms. The molecule has 2 heterocycles. The number of hydrogen-bond acceptors (Lipinski definition) is 7. The summed E-state index contributed by atoms with van der Waals surface area (Å²) in [6.45, 7) is 0. The molecule has 4 rings (SSSR count). The van der Waals surface area contributed by atoms with Gasteiger partial charge in [0.05, 0.1) is 15.5 Å². The van der Waals surface area contributed by atoms with Gasteiger partial charge in [-0.3, -0.25) is 20.3 Å². The largest absolute Gasteiger partial charge is 0.278 e. The van der Waals surface area contributed by atoms with Crippen LogP contribution in [0.2, 0.25) is 5.02 Å². The summed E-state index contributed by atoms with van der Waals surface area (Å²) in [6, 6.07) is 13.2. The van der Waals surface area contributed by atoms with Crippen molar-refractivity contribution in [2.45, 2.75) is 0 Å². The maximum absolute atomic E-state index is 12.8. The van der Waals surface area contributed by atoms with E-state index < -0.39 is 4.92 Å². The van der Waals surface area contributed by atoms with E-state index in [4.69, 9.17) is 17.0 Å². The molecule has 1 fully saturated rings. The number of amides is 1. The Labute approximate surface area is 178 Å². The van der Waals surface area contributed by atoms with Crippen LogP contribution in [0.3, 0.4) is 0 Å². The quantitative estimate of drug-likeness (QED) is 0.330. The molecule has 10 heteroatoms. The van der Waals surface area contributed by atoms with Crippen LogP contribution in [0.15, 0.2) is 58.8 Å². The molecule has 144 valence electrons. The van der Waals surface area contributed by atoms with Crippen LogP contribution < -0.4 is 4.90 Å². The average Bonchev–Trinajstić information content (AvgIpc) is 3.27. The first-order valence-corrected chi connectivity index (χ1v) is 10.3. The van der Waals surface area contributed by atoms with Crippen molar-refractivity contribution < 1.29 is 9.72 Å². The second kappa shape index (κ2) is 7.78. The van der Waals surface area contributed by atoms with Crippen molar-refractivity contribution in [2.24, 2.45) is 0 Å². The standard InChI is InChI=1S/C19H11ClN4O3S2/c20-13-6-4-12(5-7-13)15-10-28-19(22-15)23-17(25)16(29-18(23)21)9-11-2-1-3-14(8-11)24(26)27/h1-10,21H/b16-9-,21-18?. The lowest BCUT2D eigenvalue weighted by Gasteiger charge is -2.09. The third-order valence-electron chi connectivity index (χ3n) is 4.03. The summed E-state index contributed by atoms with van der Waals surface area (Å²) in [7, 11) is 0. The van der Waals surface area contributed by atoms with E-state index in [0.717, 1.165) is 17.3 Å². The van der Waals surface area contributed by atoms with E-state index in [1.165, 1.54) is 28.4 Å². The first-order chi connectivity index (χ1) is 13.9. The molecule has 7 nitrogen and oxygen atoms in total. The normalized spacial score (nSPS) is 15.3. The van der Waals surface area contributed by atoms with E-state index in [1.54, 1.807) is 30.3 Å². The van der Waals surface area contributed by atoms with Crippen molar-refractivity contribution in [3.05, 3.63) is 79.5 Å². The smallest absolute Gasteiger partial charge is 0.273 e. The van der Waals surface area contributed by atoms with Crippen LogP contribution in [0, 0.1) is 15.5 Å². The molecule has 0 radical (unpaired) electrons. The highest BCUT2D eigenvalue weighted by atomic mass is 35.5. The summed E-state index contributed by atoms with van der Waals surface area (Å²) in [5.41, 5.74) is 2.00. The zero-order valence-electron chi connectivity index (χ0n) is 14.5. The molecule has 0 atom stereocenters. The molecule has 1 aromatic heterocycles. The van der Waals surface area contributed by atoms with Crippen LogP contribution >= 0.6 is 34.7 Å². The number of thiazole rings is 1. The van der Waals surface area contributed by atoms with Gasteiger partial charge in [-0.05, 0) is 35.5 Å². The van der Waals surface area contributed by atoms with Crippen LogP contribution in [0.5, 0.6) is 0 Å². The first kappa shape index (κ1) is 19.3. The van der Waals surface area contributed by atoms with E-state index >= 15 is 0 Å². The zero-order valence-corrected chi connectivity index (χ0v) is 16.9. The third kappa shape index (κ3) is 3.93. The van der Waals surface area contributed by atoms with Gasteiger partial charge in [0.2, 0.25) is 0 Å². The molecule has 0 bridgehead atoms. The molecule has 0 aliphatic carbocycles. The minimum absolute atomic E-state index is 0.0312. The van der Waals surface area contributed by atoms with Crippen LogP contribution in [0.4, 0.5) is 10.8 Å². The van der Waals surface area contributed by atoms with Gasteiger partial charge in [0.25, 0.3) is 11.6 Å². The lowest BCUT2D eigenvalue weighted by molar-refractivity contribution is -0.384. The Bertz CT molecular complexity index is 1170. The third-order valence-corrected chi connectivity index (χ3v) is 5.99. The number of rotatable bonds is 4. The number of thioether (sulfide) groups is 1. The summed E-state index contributed by atoms with van der Waals surface area (Å²) < 4.78 is 0. The number of anilines is 1. The second-order valence-electron chi connectivity index (χ2n) is 5.93. The van der Waals surface area contributed by atoms with Crippen LogP contribution in [0.25, 0.3) is 17.3 Å². The average molecular weight is 443 g/mol. The molecule has 2 aromatic carbocycles. The molecule has 1 N–H and O–H groups in total. The molecule has 0 spiro atoms. The number of nitrogens with zero attached hydrogens (tertiary/aromatic N) is 3. The molecular weight excluding hydrogens is 432 g/mol. The van der Waals surface area contributed by atoms with Gasteiger partial charge in [0, 0.05) is 28.1 Å². The van der Waals surface area contributed by atoms with Crippen molar-refractivity contribution in [3.8, 4) is 11.3 Å². The number of nitro groups is 1. The number of nitro benzene ring substituents is 1. The molecule has 1 aliphatic rings. The van der Waals surface area contributed by atoms with Gasteiger partial charge in [-0.15, -0.1) is 11.3 Å². The van der Waals surface area contributed by atoms with E-state index in [1.807, 2.05) is 17.5 Å². The lowest BCUT2D eigenvalue weighted by Crippen LogP contribution is -2.27. The van der Waals surface area contributed by atoms with E-state index in [9.17, 15) is 14.9 Å². The number of nitrogens with one attached hydrogen (secondary N) is 1. The Hall–Kier alpha value is -3.01. The van der Waals surface area contributed by atoms with Crippen molar-refractivity contribution in [1.29, 1.82) is 5.41 Å². The fraction of sp³-hybridized carbons (Fsp3) is 0. The minimum Gasteiger partial charge on any atom is -0.278 e. The highest BCUT2D eigenvalue weighted by Gasteiger charge is 2.35. The number of non-ortho nitro benzene ring substituents is 1. The van der Waals surface area contributed by atoms with Gasteiger partial charge >= 0.3 is 0 Å². The number of hydrogen-bond donors (Lipinski definition) is 1. The second-order valence-corrected chi connectivity index (χ2v) is 8.23. The monoisotopic (exact) mass is 442 g/mol. The Morgan fingerprint density at radius 1 is 1.21 bits per heavy atom. The number of halogens is 1. The van der Waals surface area contributed by atoms with Gasteiger partial charge in [0.1, 0.15) is 0 Å². The van der Waals surface area contributed by atoms with E-state index in [-0.39, 0.29) is 16.8 Å². The highest BCUT2D eigenvalue weighted by molar-refractivity contribution is 8.19. The Kier molecular flexibility index (Phi) is 5.18. The first-order valence-electron chi connectivity index (χ1n) is 8.21. The maximum Gasteiger partial charge on any atom is 0.273 e. The summed E-state index contributed by atoms with van der Waals surface area (Å²) in [4.78, 5) is 29.3. The van der Waals surface area contributed by atoms with Gasteiger partial charge in [-0.2, -0.15) is 0 Å². The van der Waals surface area contributed by atoms with Crippen LogP contribution in [-0.4, -0.2) is 21.0 Å². The predicted molar refractivity (Wildman–Crippen MR) is 116 cm³/mol. The number of carbonyl (C=O) groups excluding carboxylic acids is 1. The Morgan fingerprint density at radius 2 is 1.97 bits per heavy atom. The van der Waals surface area contributed by atoms with Crippen LogP contribution in [-0.2, 0) is 4.79 Å². The predicted octanol–water partition coefficient (Wildman–Crippen LogP) is 5.43. The topological polar surface area (TPSA) is 100 Å². The van der Waals surface area contributed by atoms with Gasteiger partial charge in [-0.1, -0.05) is 35.9 Å². The summed E-state index contributed by atoms with van der Waals surface area (Å²) in [5.74, 6) is -0.386. The van der Waals surface area contributed by atoms with Crippen LogP contribution in [0.1, 0.15) is 5.56 Å². The summed E-state index contributed by atoms with van der Waals surface area (Å²) in [5, 5.41) is 22.0. The lowest BCUT2D eigenvalue weighted by atomic mass is 10.2. The molecule has 0 saturated carbocycles. The van der Waals surface area contributed by atoms with E-state index in [2.05, 4.69) is 4.98 Å². The SMILES string of the molecule is N=C1S/C(=C\c2cccc([N+](=O)[O-])c2)C(=O)N1c1nc(-c2ccc(Cl)cc2)cs1. The van der Waals surface area contributed by atoms with Crippen molar-refractivity contribution in [3.63, 3.8) is 0 Å². The zero-order chi connectivity index (χ0) is 20.5. The fourth-order valence-corrected chi connectivity index (χ4v) is 4.52. The summed E-state index contributed by atoms with van der Waals surface area (Å²) >= 11 is 8.16. The molecule has 1 amide bonds. The minimum atomic E-state index is -0.492. The Balaban J connectivity index is 1.61. The number of aromatic nitrogens is 1. The molecule has 1 aliphatic heterocycles. The molecular formula is C19H11ClN4O3S2. The molecule has 0 unspecified atom stereocenters.